The predicted molar refractivity (Wildman–Crippen MR) is 130 cm³/mol. The van der Waals surface area contributed by atoms with E-state index in [1.165, 1.54) is 32.1 Å². The molecule has 4 rings (SSSR count). The minimum atomic E-state index is -0.913. The molecule has 0 spiro atoms. The van der Waals surface area contributed by atoms with Gasteiger partial charge < -0.3 is 10.2 Å². The van der Waals surface area contributed by atoms with Crippen molar-refractivity contribution in [3.05, 3.63) is 12.2 Å². The van der Waals surface area contributed by atoms with Crippen molar-refractivity contribution in [1.29, 1.82) is 0 Å². The van der Waals surface area contributed by atoms with Crippen molar-refractivity contribution >= 4 is 0 Å². The van der Waals surface area contributed by atoms with Gasteiger partial charge >= 0.3 is 0 Å². The fraction of sp³-hybridized carbons (Fsp3) is 0.931. The highest BCUT2D eigenvalue weighted by Crippen LogP contribution is 2.69. The average molecular weight is 431 g/mol. The lowest BCUT2D eigenvalue weighted by Gasteiger charge is -2.64. The van der Waals surface area contributed by atoms with Gasteiger partial charge in [0.05, 0.1) is 11.7 Å². The number of hydrogen-bond acceptors (Lipinski definition) is 2. The maximum atomic E-state index is 11.2. The SMILES string of the molecule is CC(C)[C@H](C)/C=C/C(C)[C@H]1CC[C@H]2[C@@H]3CC[C@H]4[C@@](C)(O)[C@@H](O)CC[C@]4(C)[C@H]3CC[C@]12C. The zero-order valence-corrected chi connectivity index (χ0v) is 21.4. The lowest BCUT2D eigenvalue weighted by molar-refractivity contribution is -0.217. The van der Waals surface area contributed by atoms with E-state index >= 15 is 0 Å². The number of hydrogen-bond donors (Lipinski definition) is 2. The van der Waals surface area contributed by atoms with Crippen LogP contribution in [0.3, 0.4) is 0 Å². The van der Waals surface area contributed by atoms with Crippen molar-refractivity contribution in [3.8, 4) is 0 Å². The number of allylic oxidation sites excluding steroid dienone is 2. The maximum Gasteiger partial charge on any atom is 0.0910 e. The number of rotatable bonds is 4. The van der Waals surface area contributed by atoms with Crippen molar-refractivity contribution in [1.82, 2.24) is 0 Å². The second kappa shape index (κ2) is 8.15. The molecule has 0 amide bonds. The molecule has 11 atom stereocenters. The van der Waals surface area contributed by atoms with Gasteiger partial charge in [-0.05, 0) is 116 Å². The van der Waals surface area contributed by atoms with E-state index in [-0.39, 0.29) is 11.3 Å². The van der Waals surface area contributed by atoms with Crippen LogP contribution in [0.15, 0.2) is 12.2 Å². The summed E-state index contributed by atoms with van der Waals surface area (Å²) >= 11 is 0. The lowest BCUT2D eigenvalue weighted by Crippen LogP contribution is -2.63. The summed E-state index contributed by atoms with van der Waals surface area (Å²) in [6.45, 7) is 16.5. The monoisotopic (exact) mass is 430 g/mol. The summed E-state index contributed by atoms with van der Waals surface area (Å²) in [7, 11) is 0. The smallest absolute Gasteiger partial charge is 0.0910 e. The molecule has 2 nitrogen and oxygen atoms in total. The molecule has 0 radical (unpaired) electrons. The molecule has 0 saturated heterocycles. The Bertz CT molecular complexity index is 680. The van der Waals surface area contributed by atoms with Gasteiger partial charge in [-0.25, -0.2) is 0 Å². The van der Waals surface area contributed by atoms with E-state index in [9.17, 15) is 10.2 Å². The maximum absolute atomic E-state index is 11.2. The molecule has 2 N–H and O–H groups in total. The molecule has 4 fully saturated rings. The van der Waals surface area contributed by atoms with Crippen LogP contribution in [0.2, 0.25) is 0 Å². The first kappa shape index (κ1) is 23.8. The Morgan fingerprint density at radius 2 is 1.42 bits per heavy atom. The Balaban J connectivity index is 1.53. The van der Waals surface area contributed by atoms with Crippen molar-refractivity contribution in [2.45, 2.75) is 112 Å². The highest BCUT2D eigenvalue weighted by Gasteiger charge is 2.63. The van der Waals surface area contributed by atoms with E-state index in [0.717, 1.165) is 42.9 Å². The average Bonchev–Trinajstić information content (AvgIpc) is 3.06. The van der Waals surface area contributed by atoms with Gasteiger partial charge in [0.25, 0.3) is 0 Å². The van der Waals surface area contributed by atoms with Gasteiger partial charge in [0, 0.05) is 0 Å². The van der Waals surface area contributed by atoms with E-state index < -0.39 is 11.7 Å². The highest BCUT2D eigenvalue weighted by molar-refractivity contribution is 5.14. The zero-order chi connectivity index (χ0) is 22.8. The second-order valence-electron chi connectivity index (χ2n) is 13.4. The Kier molecular flexibility index (Phi) is 6.26. The van der Waals surface area contributed by atoms with E-state index in [1.54, 1.807) is 0 Å². The molecule has 1 unspecified atom stereocenters. The number of aliphatic hydroxyl groups excluding tert-OH is 1. The summed E-state index contributed by atoms with van der Waals surface area (Å²) in [6, 6.07) is 0. The number of fused-ring (bicyclic) bond motifs is 5. The van der Waals surface area contributed by atoms with Crippen molar-refractivity contribution < 1.29 is 10.2 Å². The molecule has 0 aliphatic heterocycles. The molecule has 2 heteroatoms. The quantitative estimate of drug-likeness (QED) is 0.479. The van der Waals surface area contributed by atoms with Crippen LogP contribution >= 0.6 is 0 Å². The molecule has 0 aromatic carbocycles. The largest absolute Gasteiger partial charge is 0.390 e. The lowest BCUT2D eigenvalue weighted by atomic mass is 9.42. The first-order chi connectivity index (χ1) is 14.4. The topological polar surface area (TPSA) is 40.5 Å². The van der Waals surface area contributed by atoms with Gasteiger partial charge in [-0.15, -0.1) is 0 Å². The van der Waals surface area contributed by atoms with Gasteiger partial charge in [-0.1, -0.05) is 53.7 Å². The van der Waals surface area contributed by atoms with Gasteiger partial charge in [0.15, 0.2) is 0 Å². The summed E-state index contributed by atoms with van der Waals surface area (Å²) < 4.78 is 0. The zero-order valence-electron chi connectivity index (χ0n) is 21.4. The molecule has 4 saturated carbocycles. The van der Waals surface area contributed by atoms with Crippen molar-refractivity contribution in [2.24, 2.45) is 58.2 Å². The number of aliphatic hydroxyl groups is 2. The summed E-state index contributed by atoms with van der Waals surface area (Å²) in [5.41, 5.74) is -0.238. The fourth-order valence-corrected chi connectivity index (χ4v) is 9.36. The molecule has 0 aromatic heterocycles. The molecular weight excluding hydrogens is 380 g/mol. The first-order valence-corrected chi connectivity index (χ1v) is 13.5. The van der Waals surface area contributed by atoms with Crippen LogP contribution in [0.4, 0.5) is 0 Å². The summed E-state index contributed by atoms with van der Waals surface area (Å²) in [5, 5.41) is 21.8. The van der Waals surface area contributed by atoms with E-state index in [4.69, 9.17) is 0 Å². The minimum absolute atomic E-state index is 0.198. The van der Waals surface area contributed by atoms with Gasteiger partial charge in [0.1, 0.15) is 0 Å². The Morgan fingerprint density at radius 3 is 2.10 bits per heavy atom. The first-order valence-electron chi connectivity index (χ1n) is 13.5. The highest BCUT2D eigenvalue weighted by atomic mass is 16.3. The normalized spacial score (nSPS) is 51.9. The van der Waals surface area contributed by atoms with Crippen LogP contribution in [-0.4, -0.2) is 21.9 Å². The molecule has 178 valence electrons. The van der Waals surface area contributed by atoms with Crippen LogP contribution < -0.4 is 0 Å². The molecule has 0 heterocycles. The Labute approximate surface area is 192 Å². The second-order valence-corrected chi connectivity index (χ2v) is 13.4. The molecule has 0 bridgehead atoms. The van der Waals surface area contributed by atoms with Crippen LogP contribution in [0, 0.1) is 58.2 Å². The van der Waals surface area contributed by atoms with E-state index in [0.29, 0.717) is 23.2 Å². The standard InChI is InChI=1S/C29H50O2/c1-18(2)19(3)8-9-20(4)22-11-12-23-21-10-13-25-28(6,17-15-26(30)29(25,7)31)24(21)14-16-27(22,23)5/h8-9,18-26,30-31H,10-17H2,1-7H3/b9-8+/t19-,20?,21+,22-,23+,24+,25-,26+,27-,28-,29-/m1/s1. The van der Waals surface area contributed by atoms with Crippen LogP contribution in [0.25, 0.3) is 0 Å². The summed E-state index contributed by atoms with van der Waals surface area (Å²) in [4.78, 5) is 0. The van der Waals surface area contributed by atoms with Crippen molar-refractivity contribution in [3.63, 3.8) is 0 Å². The van der Waals surface area contributed by atoms with Crippen LogP contribution in [0.1, 0.15) is 99.8 Å². The third-order valence-corrected chi connectivity index (χ3v) is 11.7. The Hall–Kier alpha value is -0.340. The summed E-state index contributed by atoms with van der Waals surface area (Å²) in [6.07, 6.45) is 14.2. The van der Waals surface area contributed by atoms with Crippen LogP contribution in [0.5, 0.6) is 0 Å². The van der Waals surface area contributed by atoms with Gasteiger partial charge in [0.2, 0.25) is 0 Å². The molecule has 4 aliphatic carbocycles. The van der Waals surface area contributed by atoms with E-state index in [2.05, 4.69) is 53.7 Å². The third kappa shape index (κ3) is 3.67. The molecule has 0 aromatic rings. The Morgan fingerprint density at radius 1 is 0.774 bits per heavy atom. The fourth-order valence-electron chi connectivity index (χ4n) is 9.36. The molecule has 4 aliphatic rings. The molecular formula is C29H50O2. The van der Waals surface area contributed by atoms with Gasteiger partial charge in [-0.2, -0.15) is 0 Å². The van der Waals surface area contributed by atoms with E-state index in [1.807, 2.05) is 6.92 Å². The summed E-state index contributed by atoms with van der Waals surface area (Å²) in [5.74, 6) is 5.52. The predicted octanol–water partition coefficient (Wildman–Crippen LogP) is 6.85. The molecule has 31 heavy (non-hydrogen) atoms. The van der Waals surface area contributed by atoms with Crippen LogP contribution in [-0.2, 0) is 0 Å². The van der Waals surface area contributed by atoms with Crippen molar-refractivity contribution in [2.75, 3.05) is 0 Å². The minimum Gasteiger partial charge on any atom is -0.390 e. The third-order valence-electron chi connectivity index (χ3n) is 11.7. The van der Waals surface area contributed by atoms with Gasteiger partial charge in [-0.3, -0.25) is 0 Å².